The molecular formula is C11H21N. The summed E-state index contributed by atoms with van der Waals surface area (Å²) in [4.78, 5) is 0. The van der Waals surface area contributed by atoms with Crippen molar-refractivity contribution in [1.82, 2.24) is 0 Å². The standard InChI is InChI=1S/C11H21N/c1-9-3-2-6-11(9,8-12)7-10-4-5-10/h9-10H,2-8,12H2,1H3. The topological polar surface area (TPSA) is 26.0 Å². The maximum absolute atomic E-state index is 5.94. The fourth-order valence-corrected chi connectivity index (χ4v) is 2.90. The average Bonchev–Trinajstić information content (AvgIpc) is 2.79. The molecule has 2 rings (SSSR count). The maximum atomic E-state index is 5.94. The minimum Gasteiger partial charge on any atom is -0.330 e. The van der Waals surface area contributed by atoms with Crippen LogP contribution in [0, 0.1) is 17.3 Å². The highest BCUT2D eigenvalue weighted by molar-refractivity contribution is 4.94. The minimum atomic E-state index is 0.557. The molecule has 2 fully saturated rings. The van der Waals surface area contributed by atoms with Crippen molar-refractivity contribution in [3.8, 4) is 0 Å². The second-order valence-electron chi connectivity index (χ2n) is 5.01. The minimum absolute atomic E-state index is 0.557. The molecule has 0 aromatic heterocycles. The van der Waals surface area contributed by atoms with Gasteiger partial charge in [-0.3, -0.25) is 0 Å². The zero-order valence-corrected chi connectivity index (χ0v) is 8.18. The van der Waals surface area contributed by atoms with E-state index in [1.165, 1.54) is 38.5 Å². The van der Waals surface area contributed by atoms with Crippen molar-refractivity contribution in [3.63, 3.8) is 0 Å². The summed E-state index contributed by atoms with van der Waals surface area (Å²) in [5.41, 5.74) is 6.49. The fourth-order valence-electron chi connectivity index (χ4n) is 2.90. The first-order valence-electron chi connectivity index (χ1n) is 5.47. The van der Waals surface area contributed by atoms with Crippen LogP contribution in [0.5, 0.6) is 0 Å². The van der Waals surface area contributed by atoms with Crippen molar-refractivity contribution in [2.75, 3.05) is 6.54 Å². The van der Waals surface area contributed by atoms with Gasteiger partial charge in [0.05, 0.1) is 0 Å². The smallest absolute Gasteiger partial charge is 0.00179 e. The van der Waals surface area contributed by atoms with Gasteiger partial charge in [-0.2, -0.15) is 0 Å². The normalized spacial score (nSPS) is 42.0. The fraction of sp³-hybridized carbons (Fsp3) is 1.00. The van der Waals surface area contributed by atoms with Crippen molar-refractivity contribution in [2.45, 2.75) is 45.4 Å². The SMILES string of the molecule is CC1CCCC1(CN)CC1CC1. The van der Waals surface area contributed by atoms with Crippen LogP contribution in [0.3, 0.4) is 0 Å². The summed E-state index contributed by atoms with van der Waals surface area (Å²) < 4.78 is 0. The van der Waals surface area contributed by atoms with Crippen molar-refractivity contribution < 1.29 is 0 Å². The molecule has 2 atom stereocenters. The predicted molar refractivity (Wildman–Crippen MR) is 51.8 cm³/mol. The van der Waals surface area contributed by atoms with Crippen LogP contribution in [-0.4, -0.2) is 6.54 Å². The molecule has 0 bridgehead atoms. The highest BCUT2D eigenvalue weighted by Gasteiger charge is 2.42. The maximum Gasteiger partial charge on any atom is -0.00179 e. The first-order valence-corrected chi connectivity index (χ1v) is 5.47. The van der Waals surface area contributed by atoms with E-state index in [4.69, 9.17) is 5.73 Å². The van der Waals surface area contributed by atoms with Crippen LogP contribution >= 0.6 is 0 Å². The average molecular weight is 167 g/mol. The first kappa shape index (κ1) is 8.55. The van der Waals surface area contributed by atoms with Crippen LogP contribution in [-0.2, 0) is 0 Å². The summed E-state index contributed by atoms with van der Waals surface area (Å²) in [6.07, 6.45) is 8.64. The molecule has 0 spiro atoms. The van der Waals surface area contributed by atoms with Gasteiger partial charge in [0.2, 0.25) is 0 Å². The molecule has 0 radical (unpaired) electrons. The second kappa shape index (κ2) is 3.02. The second-order valence-corrected chi connectivity index (χ2v) is 5.01. The summed E-state index contributed by atoms with van der Waals surface area (Å²) in [7, 11) is 0. The molecule has 2 N–H and O–H groups in total. The van der Waals surface area contributed by atoms with E-state index < -0.39 is 0 Å². The van der Waals surface area contributed by atoms with Gasteiger partial charge in [-0.05, 0) is 36.6 Å². The zero-order chi connectivity index (χ0) is 8.60. The Balaban J connectivity index is 2.00. The van der Waals surface area contributed by atoms with Gasteiger partial charge in [-0.25, -0.2) is 0 Å². The highest BCUT2D eigenvalue weighted by atomic mass is 14.6. The van der Waals surface area contributed by atoms with Gasteiger partial charge in [0, 0.05) is 0 Å². The molecule has 2 aliphatic rings. The summed E-state index contributed by atoms with van der Waals surface area (Å²) >= 11 is 0. The van der Waals surface area contributed by atoms with E-state index in [1.807, 2.05) is 0 Å². The molecule has 1 nitrogen and oxygen atoms in total. The molecule has 0 saturated heterocycles. The molecule has 0 aromatic rings. The summed E-state index contributed by atoms with van der Waals surface area (Å²) in [5, 5.41) is 0. The van der Waals surface area contributed by atoms with Crippen LogP contribution in [0.4, 0.5) is 0 Å². The third kappa shape index (κ3) is 1.39. The van der Waals surface area contributed by atoms with Gasteiger partial charge in [0.1, 0.15) is 0 Å². The van der Waals surface area contributed by atoms with E-state index in [9.17, 15) is 0 Å². The summed E-state index contributed by atoms with van der Waals surface area (Å²) in [6, 6.07) is 0. The van der Waals surface area contributed by atoms with Crippen molar-refractivity contribution in [2.24, 2.45) is 23.0 Å². The van der Waals surface area contributed by atoms with Gasteiger partial charge in [0.25, 0.3) is 0 Å². The van der Waals surface area contributed by atoms with Gasteiger partial charge in [0.15, 0.2) is 0 Å². The lowest BCUT2D eigenvalue weighted by molar-refractivity contribution is 0.194. The van der Waals surface area contributed by atoms with Gasteiger partial charge < -0.3 is 5.73 Å². The molecule has 0 heterocycles. The molecular weight excluding hydrogens is 146 g/mol. The molecule has 2 saturated carbocycles. The Labute approximate surface area is 75.7 Å². The quantitative estimate of drug-likeness (QED) is 0.687. The molecule has 0 amide bonds. The van der Waals surface area contributed by atoms with Crippen LogP contribution < -0.4 is 5.73 Å². The molecule has 0 aromatic carbocycles. The van der Waals surface area contributed by atoms with E-state index in [2.05, 4.69) is 6.92 Å². The van der Waals surface area contributed by atoms with Crippen LogP contribution in [0.2, 0.25) is 0 Å². The lowest BCUT2D eigenvalue weighted by atomic mass is 9.74. The Kier molecular flexibility index (Phi) is 2.16. The van der Waals surface area contributed by atoms with Gasteiger partial charge >= 0.3 is 0 Å². The number of rotatable bonds is 3. The Morgan fingerprint density at radius 1 is 1.33 bits per heavy atom. The number of hydrogen-bond acceptors (Lipinski definition) is 1. The number of nitrogens with two attached hydrogens (primary N) is 1. The van der Waals surface area contributed by atoms with Crippen molar-refractivity contribution in [1.29, 1.82) is 0 Å². The van der Waals surface area contributed by atoms with Crippen LogP contribution in [0.1, 0.15) is 45.4 Å². The van der Waals surface area contributed by atoms with Crippen LogP contribution in [0.25, 0.3) is 0 Å². The monoisotopic (exact) mass is 167 g/mol. The Morgan fingerprint density at radius 2 is 2.08 bits per heavy atom. The Morgan fingerprint density at radius 3 is 2.50 bits per heavy atom. The zero-order valence-electron chi connectivity index (χ0n) is 8.18. The van der Waals surface area contributed by atoms with Gasteiger partial charge in [-0.1, -0.05) is 32.6 Å². The Bertz CT molecular complexity index is 162. The van der Waals surface area contributed by atoms with E-state index in [0.717, 1.165) is 18.4 Å². The molecule has 70 valence electrons. The highest BCUT2D eigenvalue weighted by Crippen LogP contribution is 2.51. The lowest BCUT2D eigenvalue weighted by Crippen LogP contribution is -2.33. The van der Waals surface area contributed by atoms with E-state index in [1.54, 1.807) is 0 Å². The molecule has 1 heteroatoms. The first-order chi connectivity index (χ1) is 5.77. The summed E-state index contributed by atoms with van der Waals surface area (Å²) in [6.45, 7) is 3.34. The van der Waals surface area contributed by atoms with Crippen molar-refractivity contribution in [3.05, 3.63) is 0 Å². The molecule has 2 unspecified atom stereocenters. The lowest BCUT2D eigenvalue weighted by Gasteiger charge is -2.32. The van der Waals surface area contributed by atoms with Crippen LogP contribution in [0.15, 0.2) is 0 Å². The number of hydrogen-bond donors (Lipinski definition) is 1. The largest absolute Gasteiger partial charge is 0.330 e. The van der Waals surface area contributed by atoms with Crippen molar-refractivity contribution >= 4 is 0 Å². The van der Waals surface area contributed by atoms with E-state index in [0.29, 0.717) is 5.41 Å². The Hall–Kier alpha value is -0.0400. The van der Waals surface area contributed by atoms with E-state index in [-0.39, 0.29) is 0 Å². The van der Waals surface area contributed by atoms with E-state index >= 15 is 0 Å². The third-order valence-electron chi connectivity index (χ3n) is 4.16. The molecule has 12 heavy (non-hydrogen) atoms. The predicted octanol–water partition coefficient (Wildman–Crippen LogP) is 2.55. The summed E-state index contributed by atoms with van der Waals surface area (Å²) in [5.74, 6) is 1.94. The molecule has 2 aliphatic carbocycles. The van der Waals surface area contributed by atoms with Gasteiger partial charge in [-0.15, -0.1) is 0 Å². The third-order valence-corrected chi connectivity index (χ3v) is 4.16. The molecule has 0 aliphatic heterocycles.